The van der Waals surface area contributed by atoms with Crippen LogP contribution in [0.5, 0.6) is 5.75 Å². The third-order valence-corrected chi connectivity index (χ3v) is 13.9. The van der Waals surface area contributed by atoms with Crippen molar-refractivity contribution in [1.82, 2.24) is 19.5 Å². The molecule has 0 radical (unpaired) electrons. The molecule has 42 heavy (non-hydrogen) atoms. The first-order valence-corrected chi connectivity index (χ1v) is 18.2. The van der Waals surface area contributed by atoms with Gasteiger partial charge in [0.25, 0.3) is 0 Å². The monoisotopic (exact) mass is 611 g/mol. The average molecular weight is 612 g/mol. The number of fused-ring (bicyclic) bond motifs is 3. The summed E-state index contributed by atoms with van der Waals surface area (Å²) in [6.07, 6.45) is 6.10. The van der Waals surface area contributed by atoms with Crippen LogP contribution in [0.25, 0.3) is 22.2 Å². The molecule has 0 fully saturated rings. The third-order valence-electron chi connectivity index (χ3n) is 8.47. The van der Waals surface area contributed by atoms with Crippen LogP contribution in [0.15, 0.2) is 53.7 Å². The Bertz CT molecular complexity index is 1600. The zero-order valence-electron chi connectivity index (χ0n) is 25.4. The topological polar surface area (TPSA) is 88.1 Å². The molecule has 2 N–H and O–H groups in total. The van der Waals surface area contributed by atoms with Gasteiger partial charge in [-0.1, -0.05) is 32.9 Å². The fourth-order valence-corrected chi connectivity index (χ4v) is 7.78. The van der Waals surface area contributed by atoms with Gasteiger partial charge < -0.3 is 19.5 Å². The molecule has 2 atom stereocenters. The van der Waals surface area contributed by atoms with Gasteiger partial charge in [-0.2, -0.15) is 8.78 Å². The molecule has 224 valence electrons. The lowest BCUT2D eigenvalue weighted by Crippen LogP contribution is -2.46. The quantitative estimate of drug-likeness (QED) is 0.159. The Labute approximate surface area is 251 Å². The molecule has 4 aromatic rings. The second kappa shape index (κ2) is 11.0. The number of ether oxygens (including phenoxy) is 1. The standard InChI is InChI=1S/C31H39F2N5O2SSi/c1-30(2,3)42(7,8)40-31(4,5)28-35-16-19(17-36-28)18-12-13-21-22(14-18)38-23(15-20(34)27(38)37-21)26-24(39-29(32)33)10-9-11-25(26)41-6/h9-14,16-17,20,23,29H,15,34H2,1-8H3/t20-,23+/m0/s1. The molecular weight excluding hydrogens is 573 g/mol. The lowest BCUT2D eigenvalue weighted by molar-refractivity contribution is -0.0508. The maximum Gasteiger partial charge on any atom is 0.387 e. The van der Waals surface area contributed by atoms with Crippen molar-refractivity contribution in [3.63, 3.8) is 0 Å². The van der Waals surface area contributed by atoms with Crippen molar-refractivity contribution in [1.29, 1.82) is 0 Å². The molecule has 11 heteroatoms. The fourth-order valence-electron chi connectivity index (χ4n) is 5.43. The first-order chi connectivity index (χ1) is 19.6. The van der Waals surface area contributed by atoms with Crippen LogP contribution in [0, 0.1) is 0 Å². The summed E-state index contributed by atoms with van der Waals surface area (Å²) >= 11 is 1.49. The predicted molar refractivity (Wildman–Crippen MR) is 167 cm³/mol. The van der Waals surface area contributed by atoms with Crippen LogP contribution < -0.4 is 10.5 Å². The van der Waals surface area contributed by atoms with Gasteiger partial charge >= 0.3 is 6.61 Å². The number of rotatable bonds is 8. The maximum atomic E-state index is 13.4. The summed E-state index contributed by atoms with van der Waals surface area (Å²) in [5.41, 5.74) is 10.0. The summed E-state index contributed by atoms with van der Waals surface area (Å²) in [5, 5.41) is 0.0637. The highest BCUT2D eigenvalue weighted by Gasteiger charge is 2.43. The summed E-state index contributed by atoms with van der Waals surface area (Å²) in [6.45, 7) is 12.2. The molecule has 0 amide bonds. The Morgan fingerprint density at radius 1 is 1.05 bits per heavy atom. The minimum Gasteiger partial charge on any atom is -0.434 e. The SMILES string of the molecule is CSc1cccc(OC(F)F)c1[C@H]1C[C@H](N)c2nc3ccc(-c4cnc(C(C)(C)O[Si](C)(C)C(C)(C)C)nc4)cc3n21. The molecule has 0 bridgehead atoms. The van der Waals surface area contributed by atoms with E-state index < -0.39 is 20.5 Å². The third kappa shape index (κ3) is 5.59. The highest BCUT2D eigenvalue weighted by Crippen LogP contribution is 2.47. The van der Waals surface area contributed by atoms with E-state index in [1.807, 2.05) is 56.8 Å². The van der Waals surface area contributed by atoms with E-state index in [1.165, 1.54) is 11.8 Å². The van der Waals surface area contributed by atoms with Gasteiger partial charge in [-0.05, 0) is 74.5 Å². The van der Waals surface area contributed by atoms with Crippen molar-refractivity contribution >= 4 is 31.1 Å². The van der Waals surface area contributed by atoms with Crippen LogP contribution in [-0.2, 0) is 10.0 Å². The van der Waals surface area contributed by atoms with E-state index in [0.29, 0.717) is 17.8 Å². The Hall–Kier alpha value is -2.86. The highest BCUT2D eigenvalue weighted by atomic mass is 32.2. The smallest absolute Gasteiger partial charge is 0.387 e. The molecular formula is C31H39F2N5O2SSi. The first kappa shape index (κ1) is 30.6. The van der Waals surface area contributed by atoms with Crippen molar-refractivity contribution in [2.75, 3.05) is 6.26 Å². The Balaban J connectivity index is 1.53. The Morgan fingerprint density at radius 2 is 1.74 bits per heavy atom. The lowest BCUT2D eigenvalue weighted by atomic mass is 10.0. The second-order valence-corrected chi connectivity index (χ2v) is 18.4. The van der Waals surface area contributed by atoms with Crippen molar-refractivity contribution in [2.24, 2.45) is 5.73 Å². The minimum absolute atomic E-state index is 0.0637. The van der Waals surface area contributed by atoms with Gasteiger partial charge in [0.15, 0.2) is 14.1 Å². The van der Waals surface area contributed by atoms with Crippen LogP contribution in [0.3, 0.4) is 0 Å². The molecule has 1 aliphatic heterocycles. The minimum atomic E-state index is -2.93. The van der Waals surface area contributed by atoms with Gasteiger partial charge in [0.1, 0.15) is 17.2 Å². The van der Waals surface area contributed by atoms with Crippen LogP contribution in [-0.4, -0.2) is 40.7 Å². The van der Waals surface area contributed by atoms with Crippen molar-refractivity contribution in [3.8, 4) is 16.9 Å². The average Bonchev–Trinajstić information content (AvgIpc) is 3.44. The predicted octanol–water partition coefficient (Wildman–Crippen LogP) is 8.07. The van der Waals surface area contributed by atoms with E-state index in [1.54, 1.807) is 12.1 Å². The summed E-state index contributed by atoms with van der Waals surface area (Å²) in [7, 11) is -2.05. The molecule has 0 unspecified atom stereocenters. The zero-order chi connectivity index (χ0) is 30.6. The number of imidazole rings is 1. The van der Waals surface area contributed by atoms with Gasteiger partial charge in [-0.3, -0.25) is 0 Å². The van der Waals surface area contributed by atoms with E-state index in [0.717, 1.165) is 32.9 Å². The molecule has 2 aromatic carbocycles. The highest BCUT2D eigenvalue weighted by molar-refractivity contribution is 7.98. The molecule has 0 saturated heterocycles. The molecule has 0 spiro atoms. The molecule has 2 aromatic heterocycles. The number of hydrogen-bond acceptors (Lipinski definition) is 7. The maximum absolute atomic E-state index is 13.4. The molecule has 3 heterocycles. The zero-order valence-corrected chi connectivity index (χ0v) is 27.2. The summed E-state index contributed by atoms with van der Waals surface area (Å²) in [4.78, 5) is 15.1. The number of benzene rings is 2. The Morgan fingerprint density at radius 3 is 2.36 bits per heavy atom. The lowest BCUT2D eigenvalue weighted by Gasteiger charge is -2.42. The van der Waals surface area contributed by atoms with Crippen LogP contribution >= 0.6 is 11.8 Å². The molecule has 0 saturated carbocycles. The van der Waals surface area contributed by atoms with Gasteiger partial charge in [0, 0.05) is 28.4 Å². The van der Waals surface area contributed by atoms with Crippen LogP contribution in [0.1, 0.15) is 70.3 Å². The van der Waals surface area contributed by atoms with Crippen molar-refractivity contribution in [2.45, 2.75) is 88.4 Å². The van der Waals surface area contributed by atoms with Crippen LogP contribution in [0.2, 0.25) is 18.1 Å². The van der Waals surface area contributed by atoms with Gasteiger partial charge in [0.2, 0.25) is 0 Å². The number of nitrogens with two attached hydrogens (primary N) is 1. The number of alkyl halides is 2. The van der Waals surface area contributed by atoms with Crippen molar-refractivity contribution < 1.29 is 17.9 Å². The van der Waals surface area contributed by atoms with E-state index >= 15 is 0 Å². The van der Waals surface area contributed by atoms with Crippen LogP contribution in [0.4, 0.5) is 8.78 Å². The van der Waals surface area contributed by atoms with E-state index in [-0.39, 0.29) is 22.9 Å². The van der Waals surface area contributed by atoms with Gasteiger partial charge in [-0.15, -0.1) is 11.8 Å². The van der Waals surface area contributed by atoms with E-state index in [9.17, 15) is 8.78 Å². The Kier molecular flexibility index (Phi) is 8.01. The number of nitrogens with zero attached hydrogens (tertiary/aromatic N) is 4. The van der Waals surface area contributed by atoms with E-state index in [2.05, 4.69) is 38.4 Å². The number of halogens is 2. The summed E-state index contributed by atoms with van der Waals surface area (Å²) in [6, 6.07) is 10.6. The molecule has 5 rings (SSSR count). The summed E-state index contributed by atoms with van der Waals surface area (Å²) in [5.74, 6) is 1.52. The molecule has 1 aliphatic rings. The molecule has 7 nitrogen and oxygen atoms in total. The summed E-state index contributed by atoms with van der Waals surface area (Å²) < 4.78 is 40.5. The second-order valence-electron chi connectivity index (χ2n) is 12.8. The van der Waals surface area contributed by atoms with E-state index in [4.69, 9.17) is 29.8 Å². The molecule has 0 aliphatic carbocycles. The number of aromatic nitrogens is 4. The van der Waals surface area contributed by atoms with Crippen molar-refractivity contribution in [3.05, 3.63) is 66.0 Å². The number of hydrogen-bond donors (Lipinski definition) is 1. The fraction of sp³-hybridized carbons (Fsp3) is 0.452. The number of thioether (sulfide) groups is 1. The normalized spacial score (nSPS) is 17.7. The first-order valence-electron chi connectivity index (χ1n) is 14.0. The van der Waals surface area contributed by atoms with Gasteiger partial charge in [0.05, 0.1) is 23.1 Å². The van der Waals surface area contributed by atoms with Gasteiger partial charge in [-0.25, -0.2) is 15.0 Å². The largest absolute Gasteiger partial charge is 0.434 e.